The topological polar surface area (TPSA) is 84.6 Å². The van der Waals surface area contributed by atoms with E-state index in [1.165, 1.54) is 33.2 Å². The summed E-state index contributed by atoms with van der Waals surface area (Å²) < 4.78 is 2.33. The molecule has 1 aromatic heterocycles. The predicted molar refractivity (Wildman–Crippen MR) is 251 cm³/mol. The van der Waals surface area contributed by atoms with Crippen molar-refractivity contribution in [2.75, 3.05) is 18.1 Å². The van der Waals surface area contributed by atoms with Crippen LogP contribution < -0.4 is 21.7 Å². The Morgan fingerprint density at radius 2 is 1.34 bits per heavy atom. The second-order valence-electron chi connectivity index (χ2n) is 13.8. The lowest BCUT2D eigenvalue weighted by molar-refractivity contribution is 0.777. The number of nitrogens with zero attached hydrogens (tertiary/aromatic N) is 3. The maximum absolute atomic E-state index is 6.86. The van der Waals surface area contributed by atoms with E-state index in [-0.39, 0.29) is 6.04 Å². The van der Waals surface area contributed by atoms with E-state index in [1.807, 2.05) is 32.0 Å². The number of benzene rings is 5. The molecule has 6 heteroatoms. The number of para-hydroxylation sites is 3. The highest BCUT2D eigenvalue weighted by Gasteiger charge is 2.27. The van der Waals surface area contributed by atoms with E-state index >= 15 is 0 Å². The first-order valence-corrected chi connectivity index (χ1v) is 19.9. The SMILES string of the molecule is C=C1c2ccccc2N(c2ccccc2)/C=C\c2c1n(C1=CC=C(C(N)C3=CC=C(c4ccccc4)C3)CN1)c1ccccc21.C=NCN.CC.Cc1ccccc1. The standard InChI is InChI=1S/C41H34N4.C7H8.C2H6N2.C2H6/c1-28-34-16-8-10-18-37(34)44(33-14-6-3-7-15-33)25-24-36-35-17-9-11-19-38(35)45(41(28)36)39-23-22-32(27-43-39)40(42)31-21-20-30(26-31)29-12-4-2-5-13-29;1-7-5-3-2-4-6-7;1-4-2-3;1-2/h2-25,40,43H,1,26-27,42H2;2-6H,1H3;1-3H2;1-2H3/b25-24-;;;. The first-order valence-electron chi connectivity index (χ1n) is 19.9. The lowest BCUT2D eigenvalue weighted by atomic mass is 9.94. The number of dihydropyridines is 1. The Balaban J connectivity index is 0.000000379. The molecule has 5 N–H and O–H groups in total. The van der Waals surface area contributed by atoms with Crippen LogP contribution in [0.2, 0.25) is 0 Å². The number of rotatable bonds is 6. The van der Waals surface area contributed by atoms with Gasteiger partial charge in [0.05, 0.1) is 23.6 Å². The molecule has 5 aromatic carbocycles. The fourth-order valence-electron chi connectivity index (χ4n) is 7.34. The van der Waals surface area contributed by atoms with Crippen LogP contribution in [0.1, 0.15) is 48.2 Å². The van der Waals surface area contributed by atoms with Gasteiger partial charge in [-0.2, -0.15) is 0 Å². The second kappa shape index (κ2) is 19.9. The molecule has 0 radical (unpaired) electrons. The molecule has 292 valence electrons. The van der Waals surface area contributed by atoms with Gasteiger partial charge in [0, 0.05) is 46.6 Å². The summed E-state index contributed by atoms with van der Waals surface area (Å²) in [6, 6.07) is 48.3. The number of aryl methyl sites for hydroxylation is 1. The first kappa shape index (κ1) is 40.9. The zero-order chi connectivity index (χ0) is 40.9. The molecule has 0 saturated carbocycles. The fourth-order valence-corrected chi connectivity index (χ4v) is 7.34. The maximum Gasteiger partial charge on any atom is 0.111 e. The molecule has 0 bridgehead atoms. The average molecular weight is 763 g/mol. The van der Waals surface area contributed by atoms with E-state index in [0.717, 1.165) is 51.5 Å². The van der Waals surface area contributed by atoms with Crippen LogP contribution >= 0.6 is 0 Å². The number of aromatic nitrogens is 1. The molecule has 3 aliphatic rings. The lowest BCUT2D eigenvalue weighted by Gasteiger charge is -2.28. The summed E-state index contributed by atoms with van der Waals surface area (Å²) in [7, 11) is 0. The third kappa shape index (κ3) is 9.11. The number of aliphatic imine (C=N–C) groups is 1. The first-order chi connectivity index (χ1) is 28.5. The Kier molecular flexibility index (Phi) is 14.1. The van der Waals surface area contributed by atoms with Crippen molar-refractivity contribution in [2.45, 2.75) is 33.2 Å². The number of nitrogens with one attached hydrogen (secondary N) is 1. The summed E-state index contributed by atoms with van der Waals surface area (Å²) >= 11 is 0. The summed E-state index contributed by atoms with van der Waals surface area (Å²) in [6.07, 6.45) is 14.1. The third-order valence-corrected chi connectivity index (χ3v) is 10.2. The van der Waals surface area contributed by atoms with E-state index in [2.05, 4.69) is 191 Å². The predicted octanol–water partition coefficient (Wildman–Crippen LogP) is 11.5. The van der Waals surface area contributed by atoms with Crippen LogP contribution in [0.15, 0.2) is 193 Å². The van der Waals surface area contributed by atoms with Gasteiger partial charge in [-0.05, 0) is 78.8 Å². The van der Waals surface area contributed by atoms with Gasteiger partial charge in [0.15, 0.2) is 0 Å². The number of fused-ring (bicyclic) bond motifs is 4. The minimum atomic E-state index is -0.136. The molecule has 58 heavy (non-hydrogen) atoms. The van der Waals surface area contributed by atoms with Crippen molar-refractivity contribution >= 4 is 52.0 Å². The fraction of sp³-hybridized carbons (Fsp3) is 0.135. The van der Waals surface area contributed by atoms with E-state index < -0.39 is 0 Å². The van der Waals surface area contributed by atoms with Gasteiger partial charge in [-0.1, -0.05) is 159 Å². The van der Waals surface area contributed by atoms with E-state index in [0.29, 0.717) is 13.2 Å². The molecule has 6 aromatic rings. The Morgan fingerprint density at radius 3 is 1.98 bits per heavy atom. The number of hydrogen-bond acceptors (Lipinski definition) is 5. The number of nitrogens with two attached hydrogens (primary N) is 2. The summed E-state index contributed by atoms with van der Waals surface area (Å²) in [5, 5.41) is 4.91. The summed E-state index contributed by atoms with van der Waals surface area (Å²) in [6.45, 7) is 14.9. The summed E-state index contributed by atoms with van der Waals surface area (Å²) in [4.78, 5) is 5.51. The normalized spacial score (nSPS) is 14.9. The second-order valence-corrected chi connectivity index (χ2v) is 13.8. The Bertz CT molecular complexity index is 2480. The van der Waals surface area contributed by atoms with E-state index in [4.69, 9.17) is 18.0 Å². The largest absolute Gasteiger partial charge is 0.367 e. The highest BCUT2D eigenvalue weighted by Crippen LogP contribution is 2.43. The molecule has 1 unspecified atom stereocenters. The average Bonchev–Trinajstić information content (AvgIpc) is 3.92. The van der Waals surface area contributed by atoms with Gasteiger partial charge >= 0.3 is 0 Å². The van der Waals surface area contributed by atoms with Crippen LogP contribution in [0, 0.1) is 6.92 Å². The van der Waals surface area contributed by atoms with Gasteiger partial charge in [-0.15, -0.1) is 0 Å². The molecule has 9 rings (SSSR count). The molecule has 0 spiro atoms. The molecule has 6 nitrogen and oxygen atoms in total. The van der Waals surface area contributed by atoms with Gasteiger partial charge in [-0.25, -0.2) is 0 Å². The van der Waals surface area contributed by atoms with Crippen LogP contribution in [0.4, 0.5) is 11.4 Å². The molecule has 1 atom stereocenters. The molecule has 3 heterocycles. The van der Waals surface area contributed by atoms with Crippen molar-refractivity contribution in [3.05, 3.63) is 216 Å². The molecule has 0 fully saturated rings. The van der Waals surface area contributed by atoms with Crippen LogP contribution in [0.25, 0.3) is 33.9 Å². The maximum atomic E-state index is 6.86. The van der Waals surface area contributed by atoms with E-state index in [1.54, 1.807) is 0 Å². The smallest absolute Gasteiger partial charge is 0.111 e. The molecular weight excluding hydrogens is 709 g/mol. The van der Waals surface area contributed by atoms with Crippen LogP contribution in [-0.4, -0.2) is 30.5 Å². The minimum Gasteiger partial charge on any atom is -0.367 e. The van der Waals surface area contributed by atoms with Crippen molar-refractivity contribution in [1.29, 1.82) is 0 Å². The van der Waals surface area contributed by atoms with Gasteiger partial charge in [-0.3, -0.25) is 9.56 Å². The van der Waals surface area contributed by atoms with Crippen molar-refractivity contribution in [3.8, 4) is 0 Å². The van der Waals surface area contributed by atoms with Gasteiger partial charge in [0.2, 0.25) is 0 Å². The monoisotopic (exact) mass is 762 g/mol. The molecule has 0 amide bonds. The molecule has 0 saturated heterocycles. The van der Waals surface area contributed by atoms with Crippen LogP contribution in [0.3, 0.4) is 0 Å². The van der Waals surface area contributed by atoms with Gasteiger partial charge in [0.1, 0.15) is 5.82 Å². The number of hydrogen-bond donors (Lipinski definition) is 3. The minimum absolute atomic E-state index is 0.136. The Labute approximate surface area is 344 Å². The van der Waals surface area contributed by atoms with E-state index in [9.17, 15) is 0 Å². The van der Waals surface area contributed by atoms with Crippen molar-refractivity contribution in [3.63, 3.8) is 0 Å². The summed E-state index contributed by atoms with van der Waals surface area (Å²) in [5.41, 5.74) is 25.6. The molecule has 2 aliphatic heterocycles. The molecular formula is C52H54N6. The Hall–Kier alpha value is -6.73. The zero-order valence-electron chi connectivity index (χ0n) is 33.9. The highest BCUT2D eigenvalue weighted by atomic mass is 15.2. The summed E-state index contributed by atoms with van der Waals surface area (Å²) in [5.74, 6) is 1.01. The van der Waals surface area contributed by atoms with Gasteiger partial charge < -0.3 is 21.7 Å². The highest BCUT2D eigenvalue weighted by molar-refractivity contribution is 6.03. The number of allylic oxidation sites excluding steroid dienone is 5. The third-order valence-electron chi connectivity index (χ3n) is 10.2. The van der Waals surface area contributed by atoms with Crippen molar-refractivity contribution in [2.24, 2.45) is 16.5 Å². The lowest BCUT2D eigenvalue weighted by Crippen LogP contribution is -2.33. The number of anilines is 2. The Morgan fingerprint density at radius 1 is 0.741 bits per heavy atom. The zero-order valence-corrected chi connectivity index (χ0v) is 33.9. The van der Waals surface area contributed by atoms with Crippen LogP contribution in [-0.2, 0) is 0 Å². The molecule has 1 aliphatic carbocycles. The van der Waals surface area contributed by atoms with Crippen molar-refractivity contribution < 1.29 is 0 Å². The quantitative estimate of drug-likeness (QED) is 0.148. The van der Waals surface area contributed by atoms with Crippen molar-refractivity contribution in [1.82, 2.24) is 9.88 Å². The van der Waals surface area contributed by atoms with Crippen LogP contribution in [0.5, 0.6) is 0 Å². The van der Waals surface area contributed by atoms with Gasteiger partial charge in [0.25, 0.3) is 0 Å².